The molecule has 0 aliphatic carbocycles. The molecule has 0 amide bonds. The first-order valence-corrected chi connectivity index (χ1v) is 8.33. The van der Waals surface area contributed by atoms with Gasteiger partial charge in [0.05, 0.1) is 0 Å². The summed E-state index contributed by atoms with van der Waals surface area (Å²) in [7, 11) is -3.77. The van der Waals surface area contributed by atoms with Crippen LogP contribution in [0.1, 0.15) is 12.8 Å². The second-order valence-electron chi connectivity index (χ2n) is 4.68. The maximum atomic E-state index is 13.8. The summed E-state index contributed by atoms with van der Waals surface area (Å²) in [6.45, 7) is 1.25. The summed E-state index contributed by atoms with van der Waals surface area (Å²) in [5, 5.41) is 0. The lowest BCUT2D eigenvalue weighted by molar-refractivity contribution is 0.270. The first kappa shape index (κ1) is 14.9. The number of rotatable bonds is 3. The van der Waals surface area contributed by atoms with E-state index in [1.807, 2.05) is 0 Å². The van der Waals surface area contributed by atoms with Crippen LogP contribution < -0.4 is 5.73 Å². The van der Waals surface area contributed by atoms with E-state index in [0.29, 0.717) is 24.1 Å². The van der Waals surface area contributed by atoms with Gasteiger partial charge in [-0.2, -0.15) is 4.31 Å². The Morgan fingerprint density at radius 1 is 1.47 bits per heavy atom. The number of hydrogen-bond acceptors (Lipinski definition) is 3. The van der Waals surface area contributed by atoms with Gasteiger partial charge in [0.15, 0.2) is 0 Å². The molecule has 2 rings (SSSR count). The van der Waals surface area contributed by atoms with Gasteiger partial charge >= 0.3 is 0 Å². The zero-order valence-electron chi connectivity index (χ0n) is 10.4. The van der Waals surface area contributed by atoms with Crippen molar-refractivity contribution in [2.75, 3.05) is 19.6 Å². The summed E-state index contributed by atoms with van der Waals surface area (Å²) in [6, 6.07) is 3.98. The van der Waals surface area contributed by atoms with Gasteiger partial charge < -0.3 is 5.73 Å². The first-order chi connectivity index (χ1) is 8.95. The van der Waals surface area contributed by atoms with Crippen molar-refractivity contribution < 1.29 is 12.8 Å². The molecule has 19 heavy (non-hydrogen) atoms. The molecule has 0 saturated carbocycles. The van der Waals surface area contributed by atoms with Crippen LogP contribution in [0.15, 0.2) is 27.6 Å². The van der Waals surface area contributed by atoms with Gasteiger partial charge in [-0.05, 0) is 43.5 Å². The Hall–Kier alpha value is -0.500. The van der Waals surface area contributed by atoms with Gasteiger partial charge in [-0.3, -0.25) is 0 Å². The predicted molar refractivity (Wildman–Crippen MR) is 74.6 cm³/mol. The van der Waals surface area contributed by atoms with E-state index in [2.05, 4.69) is 15.9 Å². The Kier molecular flexibility index (Phi) is 4.60. The number of hydrogen-bond donors (Lipinski definition) is 1. The summed E-state index contributed by atoms with van der Waals surface area (Å²) in [4.78, 5) is -0.270. The Balaban J connectivity index is 2.31. The number of halogens is 2. The summed E-state index contributed by atoms with van der Waals surface area (Å²) in [5.74, 6) is -0.578. The summed E-state index contributed by atoms with van der Waals surface area (Å²) < 4.78 is 40.5. The molecule has 7 heteroatoms. The van der Waals surface area contributed by atoms with Crippen LogP contribution in [-0.4, -0.2) is 32.4 Å². The van der Waals surface area contributed by atoms with Crippen LogP contribution in [0.5, 0.6) is 0 Å². The summed E-state index contributed by atoms with van der Waals surface area (Å²) in [6.07, 6.45) is 1.69. The fourth-order valence-corrected chi connectivity index (χ4v) is 4.19. The van der Waals surface area contributed by atoms with Gasteiger partial charge in [-0.15, -0.1) is 0 Å². The monoisotopic (exact) mass is 350 g/mol. The zero-order chi connectivity index (χ0) is 14.0. The van der Waals surface area contributed by atoms with Gasteiger partial charge in [0, 0.05) is 17.6 Å². The smallest absolute Gasteiger partial charge is 0.245 e. The van der Waals surface area contributed by atoms with Crippen molar-refractivity contribution in [3.63, 3.8) is 0 Å². The van der Waals surface area contributed by atoms with Crippen LogP contribution in [0.2, 0.25) is 0 Å². The van der Waals surface area contributed by atoms with Gasteiger partial charge in [0.1, 0.15) is 10.7 Å². The molecule has 0 bridgehead atoms. The van der Waals surface area contributed by atoms with Gasteiger partial charge in [0.25, 0.3) is 0 Å². The SMILES string of the molecule is NCC1CCCN(S(=O)(=O)c2ccc(Br)cc2F)C1. The Morgan fingerprint density at radius 2 is 2.21 bits per heavy atom. The quantitative estimate of drug-likeness (QED) is 0.905. The lowest BCUT2D eigenvalue weighted by Gasteiger charge is -2.31. The molecule has 1 unspecified atom stereocenters. The van der Waals surface area contributed by atoms with E-state index in [4.69, 9.17) is 5.73 Å². The third-order valence-electron chi connectivity index (χ3n) is 3.33. The largest absolute Gasteiger partial charge is 0.330 e. The molecule has 1 aliphatic rings. The lowest BCUT2D eigenvalue weighted by Crippen LogP contribution is -2.42. The summed E-state index contributed by atoms with van der Waals surface area (Å²) in [5.41, 5.74) is 5.60. The van der Waals surface area contributed by atoms with Crippen molar-refractivity contribution in [3.05, 3.63) is 28.5 Å². The third-order valence-corrected chi connectivity index (χ3v) is 5.72. The highest BCUT2D eigenvalue weighted by Crippen LogP contribution is 2.26. The highest BCUT2D eigenvalue weighted by Gasteiger charge is 2.31. The molecular formula is C12H16BrFN2O2S. The zero-order valence-corrected chi connectivity index (χ0v) is 12.8. The molecule has 2 N–H and O–H groups in total. The maximum Gasteiger partial charge on any atom is 0.245 e. The molecule has 106 valence electrons. The van der Waals surface area contributed by atoms with Crippen molar-refractivity contribution in [2.24, 2.45) is 11.7 Å². The molecular weight excluding hydrogens is 335 g/mol. The topological polar surface area (TPSA) is 63.4 Å². The normalized spacial score (nSPS) is 21.5. The highest BCUT2D eigenvalue weighted by molar-refractivity contribution is 9.10. The van der Waals surface area contributed by atoms with E-state index in [9.17, 15) is 12.8 Å². The fraction of sp³-hybridized carbons (Fsp3) is 0.500. The van der Waals surface area contributed by atoms with E-state index in [1.165, 1.54) is 16.4 Å². The minimum atomic E-state index is -3.77. The van der Waals surface area contributed by atoms with Crippen LogP contribution in [0.25, 0.3) is 0 Å². The molecule has 4 nitrogen and oxygen atoms in total. The van der Waals surface area contributed by atoms with Gasteiger partial charge in [-0.25, -0.2) is 12.8 Å². The second-order valence-corrected chi connectivity index (χ2v) is 7.50. The number of nitrogens with two attached hydrogens (primary N) is 1. The maximum absolute atomic E-state index is 13.8. The molecule has 0 radical (unpaired) electrons. The molecule has 1 heterocycles. The number of piperidine rings is 1. The van der Waals surface area contributed by atoms with Crippen molar-refractivity contribution >= 4 is 26.0 Å². The van der Waals surface area contributed by atoms with Crippen molar-refractivity contribution in [3.8, 4) is 0 Å². The second kappa shape index (κ2) is 5.87. The van der Waals surface area contributed by atoms with Crippen LogP contribution in [-0.2, 0) is 10.0 Å². The van der Waals surface area contributed by atoms with Crippen molar-refractivity contribution in [2.45, 2.75) is 17.7 Å². The number of benzene rings is 1. The number of sulfonamides is 1. The van der Waals surface area contributed by atoms with Gasteiger partial charge in [-0.1, -0.05) is 15.9 Å². The molecule has 1 saturated heterocycles. The van der Waals surface area contributed by atoms with E-state index >= 15 is 0 Å². The van der Waals surface area contributed by atoms with Crippen LogP contribution in [0, 0.1) is 11.7 Å². The third kappa shape index (κ3) is 3.16. The summed E-state index contributed by atoms with van der Waals surface area (Å²) >= 11 is 3.11. The molecule has 1 fully saturated rings. The molecule has 0 aromatic heterocycles. The van der Waals surface area contributed by atoms with Gasteiger partial charge in [0.2, 0.25) is 10.0 Å². The van der Waals surface area contributed by atoms with E-state index < -0.39 is 15.8 Å². The van der Waals surface area contributed by atoms with Crippen LogP contribution in [0.3, 0.4) is 0 Å². The Bertz CT molecular complexity index is 565. The standard InChI is InChI=1S/C12H16BrFN2O2S/c13-10-3-4-12(11(14)6-10)19(17,18)16-5-1-2-9(7-15)8-16/h3-4,6,9H,1-2,5,7-8,15H2. The first-order valence-electron chi connectivity index (χ1n) is 6.10. The van der Waals surface area contributed by atoms with E-state index in [-0.39, 0.29) is 10.8 Å². The van der Waals surface area contributed by atoms with Crippen LogP contribution in [0.4, 0.5) is 4.39 Å². The minimum Gasteiger partial charge on any atom is -0.330 e. The minimum absolute atomic E-state index is 0.155. The Labute approximate surface area is 121 Å². The van der Waals surface area contributed by atoms with Crippen LogP contribution >= 0.6 is 15.9 Å². The van der Waals surface area contributed by atoms with Crippen molar-refractivity contribution in [1.29, 1.82) is 0 Å². The average Bonchev–Trinajstić information content (AvgIpc) is 2.38. The van der Waals surface area contributed by atoms with Crippen molar-refractivity contribution in [1.82, 2.24) is 4.31 Å². The molecule has 1 aliphatic heterocycles. The van der Waals surface area contributed by atoms with E-state index in [0.717, 1.165) is 18.9 Å². The fourth-order valence-electron chi connectivity index (χ4n) is 2.26. The molecule has 1 aromatic carbocycles. The highest BCUT2D eigenvalue weighted by atomic mass is 79.9. The predicted octanol–water partition coefficient (Wildman–Crippen LogP) is 1.95. The average molecular weight is 351 g/mol. The number of nitrogens with zero attached hydrogens (tertiary/aromatic N) is 1. The molecule has 1 atom stereocenters. The van der Waals surface area contributed by atoms with E-state index in [1.54, 1.807) is 0 Å². The molecule has 1 aromatic rings. The Morgan fingerprint density at radius 3 is 2.84 bits per heavy atom. The lowest BCUT2D eigenvalue weighted by atomic mass is 10.0. The molecule has 0 spiro atoms.